The van der Waals surface area contributed by atoms with Crippen LogP contribution in [0.25, 0.3) is 0 Å². The lowest BCUT2D eigenvalue weighted by atomic mass is 10.0. The number of hydrogen-bond donors (Lipinski definition) is 0. The summed E-state index contributed by atoms with van der Waals surface area (Å²) in [6.45, 7) is 1.84. The molecule has 2 nitrogen and oxygen atoms in total. The summed E-state index contributed by atoms with van der Waals surface area (Å²) >= 11 is 0. The van der Waals surface area contributed by atoms with Crippen LogP contribution in [0.4, 0.5) is 0 Å². The van der Waals surface area contributed by atoms with Crippen molar-refractivity contribution in [3.8, 4) is 0 Å². The highest BCUT2D eigenvalue weighted by molar-refractivity contribution is 6.09. The quantitative estimate of drug-likeness (QED) is 0.693. The lowest BCUT2D eigenvalue weighted by Gasteiger charge is -2.02. The summed E-state index contributed by atoms with van der Waals surface area (Å²) < 4.78 is 0. The predicted molar refractivity (Wildman–Crippen MR) is 58.8 cm³/mol. The van der Waals surface area contributed by atoms with Gasteiger partial charge in [-0.25, -0.2) is 0 Å². The Morgan fingerprint density at radius 1 is 1.07 bits per heavy atom. The van der Waals surface area contributed by atoms with Gasteiger partial charge in [0.15, 0.2) is 5.78 Å². The molecule has 1 aromatic heterocycles. The zero-order valence-corrected chi connectivity index (χ0v) is 8.47. The molecule has 0 saturated carbocycles. The molecule has 2 aromatic rings. The highest BCUT2D eigenvalue weighted by Crippen LogP contribution is 2.11. The number of benzene rings is 1. The first-order valence-corrected chi connectivity index (χ1v) is 4.80. The molecule has 0 aliphatic rings. The van der Waals surface area contributed by atoms with E-state index in [0.717, 1.165) is 5.69 Å². The Hall–Kier alpha value is -1.96. The zero-order chi connectivity index (χ0) is 10.7. The molecule has 0 spiro atoms. The van der Waals surface area contributed by atoms with Crippen LogP contribution in [0.1, 0.15) is 21.6 Å². The molecule has 15 heavy (non-hydrogen) atoms. The van der Waals surface area contributed by atoms with E-state index >= 15 is 0 Å². The standard InChI is InChI=1S/C13H11NO/c1-10-12(8-5-9-14-10)13(15)11-6-3-2-4-7-11/h2-9H,1H3. The molecule has 0 aliphatic heterocycles. The third-order valence-electron chi connectivity index (χ3n) is 2.29. The van der Waals surface area contributed by atoms with Gasteiger partial charge in [0, 0.05) is 23.0 Å². The van der Waals surface area contributed by atoms with Crippen molar-refractivity contribution in [3.63, 3.8) is 0 Å². The minimum absolute atomic E-state index is 0.0289. The SMILES string of the molecule is Cc1ncccc1C(=O)c1ccccc1. The lowest BCUT2D eigenvalue weighted by Crippen LogP contribution is -2.04. The molecule has 0 saturated heterocycles. The van der Waals surface area contributed by atoms with Crippen LogP contribution >= 0.6 is 0 Å². The first kappa shape index (κ1) is 9.59. The maximum atomic E-state index is 12.0. The number of carbonyl (C=O) groups is 1. The van der Waals surface area contributed by atoms with Crippen LogP contribution in [0.2, 0.25) is 0 Å². The van der Waals surface area contributed by atoms with Crippen molar-refractivity contribution < 1.29 is 4.79 Å². The van der Waals surface area contributed by atoms with Gasteiger partial charge in [-0.05, 0) is 19.1 Å². The van der Waals surface area contributed by atoms with E-state index < -0.39 is 0 Å². The monoisotopic (exact) mass is 197 g/mol. The Labute approximate surface area is 88.6 Å². The largest absolute Gasteiger partial charge is 0.289 e. The van der Waals surface area contributed by atoms with Gasteiger partial charge >= 0.3 is 0 Å². The zero-order valence-electron chi connectivity index (χ0n) is 8.47. The van der Waals surface area contributed by atoms with Gasteiger partial charge < -0.3 is 0 Å². The fourth-order valence-corrected chi connectivity index (χ4v) is 1.47. The van der Waals surface area contributed by atoms with E-state index in [0.29, 0.717) is 11.1 Å². The minimum Gasteiger partial charge on any atom is -0.289 e. The summed E-state index contributed by atoms with van der Waals surface area (Å²) in [6, 6.07) is 12.8. The molecule has 2 heteroatoms. The normalized spacial score (nSPS) is 9.93. The van der Waals surface area contributed by atoms with E-state index in [1.165, 1.54) is 0 Å². The van der Waals surface area contributed by atoms with E-state index in [1.807, 2.05) is 37.3 Å². The number of ketones is 1. The fraction of sp³-hybridized carbons (Fsp3) is 0.0769. The number of aryl methyl sites for hydroxylation is 1. The third-order valence-corrected chi connectivity index (χ3v) is 2.29. The summed E-state index contributed by atoms with van der Waals surface area (Å²) in [7, 11) is 0. The number of nitrogens with zero attached hydrogens (tertiary/aromatic N) is 1. The van der Waals surface area contributed by atoms with Gasteiger partial charge in [0.1, 0.15) is 0 Å². The molecule has 1 aromatic carbocycles. The van der Waals surface area contributed by atoms with E-state index in [2.05, 4.69) is 4.98 Å². The first-order valence-electron chi connectivity index (χ1n) is 4.80. The average Bonchev–Trinajstić information content (AvgIpc) is 2.30. The smallest absolute Gasteiger partial charge is 0.194 e. The van der Waals surface area contributed by atoms with Crippen molar-refractivity contribution in [1.82, 2.24) is 4.98 Å². The second-order valence-electron chi connectivity index (χ2n) is 3.33. The fourth-order valence-electron chi connectivity index (χ4n) is 1.47. The van der Waals surface area contributed by atoms with Gasteiger partial charge in [0.05, 0.1) is 0 Å². The van der Waals surface area contributed by atoms with Crippen molar-refractivity contribution in [2.45, 2.75) is 6.92 Å². The number of hydrogen-bond acceptors (Lipinski definition) is 2. The van der Waals surface area contributed by atoms with Crippen LogP contribution in [-0.4, -0.2) is 10.8 Å². The van der Waals surface area contributed by atoms with Gasteiger partial charge in [-0.15, -0.1) is 0 Å². The van der Waals surface area contributed by atoms with Crippen LogP contribution in [0.15, 0.2) is 48.7 Å². The molecule has 0 N–H and O–H groups in total. The Balaban J connectivity index is 2.42. The van der Waals surface area contributed by atoms with Crippen molar-refractivity contribution in [2.75, 3.05) is 0 Å². The van der Waals surface area contributed by atoms with Crippen LogP contribution in [0.3, 0.4) is 0 Å². The molecule has 74 valence electrons. The van der Waals surface area contributed by atoms with Crippen LogP contribution < -0.4 is 0 Å². The lowest BCUT2D eigenvalue weighted by molar-refractivity contribution is 0.103. The van der Waals surface area contributed by atoms with Crippen molar-refractivity contribution in [3.05, 3.63) is 65.5 Å². The molecule has 0 aliphatic carbocycles. The summed E-state index contributed by atoms with van der Waals surface area (Å²) in [5.74, 6) is 0.0289. The van der Waals surface area contributed by atoms with Gasteiger partial charge in [-0.2, -0.15) is 0 Å². The Bertz CT molecular complexity index is 477. The van der Waals surface area contributed by atoms with E-state index in [4.69, 9.17) is 0 Å². The summed E-state index contributed by atoms with van der Waals surface area (Å²) in [6.07, 6.45) is 1.69. The first-order chi connectivity index (χ1) is 7.29. The molecule has 0 atom stereocenters. The average molecular weight is 197 g/mol. The highest BCUT2D eigenvalue weighted by atomic mass is 16.1. The van der Waals surface area contributed by atoms with Gasteiger partial charge in [0.25, 0.3) is 0 Å². The maximum Gasteiger partial charge on any atom is 0.194 e. The number of rotatable bonds is 2. The topological polar surface area (TPSA) is 30.0 Å². The molecule has 0 bridgehead atoms. The van der Waals surface area contributed by atoms with Gasteiger partial charge in [-0.1, -0.05) is 30.3 Å². The van der Waals surface area contributed by atoms with E-state index in [1.54, 1.807) is 18.3 Å². The molecule has 0 amide bonds. The third kappa shape index (κ3) is 1.94. The van der Waals surface area contributed by atoms with Crippen molar-refractivity contribution in [1.29, 1.82) is 0 Å². The minimum atomic E-state index is 0.0289. The van der Waals surface area contributed by atoms with Gasteiger partial charge in [0.2, 0.25) is 0 Å². The van der Waals surface area contributed by atoms with Crippen molar-refractivity contribution >= 4 is 5.78 Å². The molecule has 0 radical (unpaired) electrons. The maximum absolute atomic E-state index is 12.0. The molecule has 1 heterocycles. The predicted octanol–water partition coefficient (Wildman–Crippen LogP) is 2.62. The second kappa shape index (κ2) is 4.05. The van der Waals surface area contributed by atoms with Crippen molar-refractivity contribution in [2.24, 2.45) is 0 Å². The van der Waals surface area contributed by atoms with E-state index in [9.17, 15) is 4.79 Å². The molecule has 0 unspecified atom stereocenters. The second-order valence-corrected chi connectivity index (χ2v) is 3.33. The summed E-state index contributed by atoms with van der Waals surface area (Å²) in [4.78, 5) is 16.1. The van der Waals surface area contributed by atoms with E-state index in [-0.39, 0.29) is 5.78 Å². The highest BCUT2D eigenvalue weighted by Gasteiger charge is 2.10. The van der Waals surface area contributed by atoms with Crippen LogP contribution in [-0.2, 0) is 0 Å². The molecule has 0 fully saturated rings. The Morgan fingerprint density at radius 2 is 1.80 bits per heavy atom. The summed E-state index contributed by atoms with van der Waals surface area (Å²) in [5.41, 5.74) is 2.14. The van der Waals surface area contributed by atoms with Crippen LogP contribution in [0.5, 0.6) is 0 Å². The Morgan fingerprint density at radius 3 is 2.47 bits per heavy atom. The molecular formula is C13H11NO. The number of pyridine rings is 1. The molecular weight excluding hydrogens is 186 g/mol. The summed E-state index contributed by atoms with van der Waals surface area (Å²) in [5, 5.41) is 0. The number of aromatic nitrogens is 1. The van der Waals surface area contributed by atoms with Gasteiger partial charge in [-0.3, -0.25) is 9.78 Å². The Kier molecular flexibility index (Phi) is 2.59. The van der Waals surface area contributed by atoms with Crippen LogP contribution in [0, 0.1) is 6.92 Å². The molecule has 2 rings (SSSR count). The number of carbonyl (C=O) groups excluding carboxylic acids is 1.